The summed E-state index contributed by atoms with van der Waals surface area (Å²) in [7, 11) is 1.88. The highest BCUT2D eigenvalue weighted by Gasteiger charge is 2.17. The van der Waals surface area contributed by atoms with E-state index in [1.807, 2.05) is 11.9 Å². The predicted octanol–water partition coefficient (Wildman–Crippen LogP) is -0.436. The van der Waals surface area contributed by atoms with Gasteiger partial charge in [0.2, 0.25) is 0 Å². The standard InChI is InChI=1S/C7H16N4/c1-11(7(8)9)6-3-2-4-10-5-6/h6,10H,2-5H2,1H3,(H3,8,9)/t6-/m1/s1. The molecule has 4 heteroatoms. The summed E-state index contributed by atoms with van der Waals surface area (Å²) >= 11 is 0. The third-order valence-electron chi connectivity index (χ3n) is 2.20. The van der Waals surface area contributed by atoms with Gasteiger partial charge in [-0.2, -0.15) is 0 Å². The molecule has 1 rings (SSSR count). The number of hydrogen-bond donors (Lipinski definition) is 3. The molecule has 0 aromatic heterocycles. The van der Waals surface area contributed by atoms with Crippen LogP contribution in [0.2, 0.25) is 0 Å². The van der Waals surface area contributed by atoms with Crippen LogP contribution in [0.5, 0.6) is 0 Å². The van der Waals surface area contributed by atoms with E-state index in [0.717, 1.165) is 19.5 Å². The molecule has 1 atom stereocenters. The van der Waals surface area contributed by atoms with E-state index in [-0.39, 0.29) is 5.96 Å². The van der Waals surface area contributed by atoms with E-state index in [1.165, 1.54) is 6.42 Å². The summed E-state index contributed by atoms with van der Waals surface area (Å²) in [4.78, 5) is 1.83. The third kappa shape index (κ3) is 2.08. The fourth-order valence-corrected chi connectivity index (χ4v) is 1.36. The number of nitrogens with two attached hydrogens (primary N) is 1. The van der Waals surface area contributed by atoms with E-state index >= 15 is 0 Å². The Morgan fingerprint density at radius 3 is 2.91 bits per heavy atom. The summed E-state index contributed by atoms with van der Waals surface area (Å²) in [5, 5.41) is 10.5. The van der Waals surface area contributed by atoms with Crippen molar-refractivity contribution in [1.82, 2.24) is 10.2 Å². The number of rotatable bonds is 1. The van der Waals surface area contributed by atoms with Crippen molar-refractivity contribution < 1.29 is 0 Å². The molecule has 1 aliphatic heterocycles. The zero-order chi connectivity index (χ0) is 8.27. The predicted molar refractivity (Wildman–Crippen MR) is 45.6 cm³/mol. The van der Waals surface area contributed by atoms with Crippen molar-refractivity contribution in [2.75, 3.05) is 20.1 Å². The van der Waals surface area contributed by atoms with E-state index in [2.05, 4.69) is 5.32 Å². The highest BCUT2D eigenvalue weighted by molar-refractivity contribution is 5.74. The molecule has 0 unspecified atom stereocenters. The lowest BCUT2D eigenvalue weighted by Gasteiger charge is -2.31. The van der Waals surface area contributed by atoms with Gasteiger partial charge in [-0.05, 0) is 19.4 Å². The summed E-state index contributed by atoms with van der Waals surface area (Å²) in [5.41, 5.74) is 5.35. The van der Waals surface area contributed by atoms with Gasteiger partial charge in [0.15, 0.2) is 5.96 Å². The summed E-state index contributed by atoms with van der Waals surface area (Å²) in [6.45, 7) is 2.05. The average Bonchev–Trinajstić information content (AvgIpc) is 2.05. The Hall–Kier alpha value is -0.770. The first-order valence-corrected chi connectivity index (χ1v) is 3.99. The molecule has 11 heavy (non-hydrogen) atoms. The average molecular weight is 156 g/mol. The first-order chi connectivity index (χ1) is 5.22. The van der Waals surface area contributed by atoms with Crippen LogP contribution in [-0.4, -0.2) is 37.0 Å². The van der Waals surface area contributed by atoms with E-state index in [1.54, 1.807) is 0 Å². The molecule has 1 heterocycles. The summed E-state index contributed by atoms with van der Waals surface area (Å²) in [6.07, 6.45) is 2.32. The number of piperidine rings is 1. The number of hydrogen-bond acceptors (Lipinski definition) is 2. The topological polar surface area (TPSA) is 65.1 Å². The van der Waals surface area contributed by atoms with Gasteiger partial charge in [-0.25, -0.2) is 0 Å². The van der Waals surface area contributed by atoms with Crippen molar-refractivity contribution in [1.29, 1.82) is 5.41 Å². The van der Waals surface area contributed by atoms with Crippen molar-refractivity contribution in [2.24, 2.45) is 5.73 Å². The van der Waals surface area contributed by atoms with E-state index in [9.17, 15) is 0 Å². The highest BCUT2D eigenvalue weighted by atomic mass is 15.2. The molecule has 0 aromatic rings. The van der Waals surface area contributed by atoms with Crippen molar-refractivity contribution >= 4 is 5.96 Å². The second-order valence-electron chi connectivity index (χ2n) is 3.00. The quantitative estimate of drug-likeness (QED) is 0.356. The maximum atomic E-state index is 7.21. The largest absolute Gasteiger partial charge is 0.370 e. The molecule has 1 saturated heterocycles. The van der Waals surface area contributed by atoms with Crippen LogP contribution in [0.4, 0.5) is 0 Å². The number of guanidine groups is 1. The number of nitrogens with one attached hydrogen (secondary N) is 2. The first-order valence-electron chi connectivity index (χ1n) is 3.99. The van der Waals surface area contributed by atoms with Crippen LogP contribution in [0.3, 0.4) is 0 Å². The van der Waals surface area contributed by atoms with Crippen molar-refractivity contribution in [3.63, 3.8) is 0 Å². The zero-order valence-electron chi connectivity index (χ0n) is 6.93. The fraction of sp³-hybridized carbons (Fsp3) is 0.857. The number of nitrogens with zero attached hydrogens (tertiary/aromatic N) is 1. The zero-order valence-corrected chi connectivity index (χ0v) is 6.93. The minimum Gasteiger partial charge on any atom is -0.370 e. The van der Waals surface area contributed by atoms with Gasteiger partial charge in [0.05, 0.1) is 0 Å². The molecule has 1 fully saturated rings. The molecule has 0 bridgehead atoms. The van der Waals surface area contributed by atoms with E-state index in [0.29, 0.717) is 6.04 Å². The third-order valence-corrected chi connectivity index (χ3v) is 2.20. The van der Waals surface area contributed by atoms with Crippen molar-refractivity contribution in [3.8, 4) is 0 Å². The Morgan fingerprint density at radius 2 is 2.45 bits per heavy atom. The monoisotopic (exact) mass is 156 g/mol. The molecule has 0 aliphatic carbocycles. The molecule has 0 radical (unpaired) electrons. The molecule has 1 aliphatic rings. The Morgan fingerprint density at radius 1 is 1.73 bits per heavy atom. The van der Waals surface area contributed by atoms with Crippen molar-refractivity contribution in [3.05, 3.63) is 0 Å². The van der Waals surface area contributed by atoms with E-state index in [4.69, 9.17) is 11.1 Å². The van der Waals surface area contributed by atoms with E-state index < -0.39 is 0 Å². The molecule has 4 N–H and O–H groups in total. The molecular formula is C7H16N4. The second kappa shape index (κ2) is 3.57. The summed E-state index contributed by atoms with van der Waals surface area (Å²) < 4.78 is 0. The Labute approximate surface area is 67.3 Å². The maximum Gasteiger partial charge on any atom is 0.188 e. The van der Waals surface area contributed by atoms with Crippen molar-refractivity contribution in [2.45, 2.75) is 18.9 Å². The maximum absolute atomic E-state index is 7.21. The van der Waals surface area contributed by atoms with Crippen LogP contribution >= 0.6 is 0 Å². The minimum absolute atomic E-state index is 0.165. The molecule has 0 aromatic carbocycles. The highest BCUT2D eigenvalue weighted by Crippen LogP contribution is 2.06. The second-order valence-corrected chi connectivity index (χ2v) is 3.00. The normalized spacial score (nSPS) is 24.6. The lowest BCUT2D eigenvalue weighted by molar-refractivity contribution is 0.290. The Balaban J connectivity index is 2.38. The molecule has 0 saturated carbocycles. The van der Waals surface area contributed by atoms with Gasteiger partial charge in [0, 0.05) is 19.6 Å². The fourth-order valence-electron chi connectivity index (χ4n) is 1.36. The minimum atomic E-state index is 0.165. The van der Waals surface area contributed by atoms with Gasteiger partial charge in [-0.1, -0.05) is 0 Å². The molecule has 64 valence electrons. The molecule has 4 nitrogen and oxygen atoms in total. The van der Waals surface area contributed by atoms with Crippen LogP contribution in [0.15, 0.2) is 0 Å². The van der Waals surface area contributed by atoms with Gasteiger partial charge in [0.1, 0.15) is 0 Å². The Kier molecular flexibility index (Phi) is 2.70. The van der Waals surface area contributed by atoms with Crippen LogP contribution in [0.25, 0.3) is 0 Å². The smallest absolute Gasteiger partial charge is 0.188 e. The van der Waals surface area contributed by atoms with Crippen LogP contribution < -0.4 is 11.1 Å². The lowest BCUT2D eigenvalue weighted by Crippen LogP contribution is -2.48. The summed E-state index contributed by atoms with van der Waals surface area (Å²) in [5.74, 6) is 0.165. The van der Waals surface area contributed by atoms with Crippen LogP contribution in [-0.2, 0) is 0 Å². The molecular weight excluding hydrogens is 140 g/mol. The summed E-state index contributed by atoms with van der Waals surface area (Å²) in [6, 6.07) is 0.418. The van der Waals surface area contributed by atoms with Gasteiger partial charge >= 0.3 is 0 Å². The Bertz CT molecular complexity index is 139. The number of likely N-dealkylation sites (N-methyl/N-ethyl adjacent to an activating group) is 1. The first kappa shape index (κ1) is 8.33. The van der Waals surface area contributed by atoms with Crippen LogP contribution in [0.1, 0.15) is 12.8 Å². The lowest BCUT2D eigenvalue weighted by atomic mass is 10.1. The molecule has 0 spiro atoms. The van der Waals surface area contributed by atoms with Gasteiger partial charge in [-0.3, -0.25) is 5.41 Å². The van der Waals surface area contributed by atoms with Gasteiger partial charge < -0.3 is 16.0 Å². The van der Waals surface area contributed by atoms with Crippen LogP contribution in [0, 0.1) is 5.41 Å². The molecule has 0 amide bonds. The van der Waals surface area contributed by atoms with Gasteiger partial charge in [-0.15, -0.1) is 0 Å². The SMILES string of the molecule is CN(C(=N)N)[C@@H]1CCCNC1. The van der Waals surface area contributed by atoms with Gasteiger partial charge in [0.25, 0.3) is 0 Å².